The van der Waals surface area contributed by atoms with Crippen LogP contribution in [0.1, 0.15) is 25.7 Å². The lowest BCUT2D eigenvalue weighted by Gasteiger charge is -2.06. The van der Waals surface area contributed by atoms with Crippen molar-refractivity contribution in [3.05, 3.63) is 28.2 Å². The van der Waals surface area contributed by atoms with Gasteiger partial charge in [0, 0.05) is 11.4 Å². The first-order valence-electron chi connectivity index (χ1n) is 5.38. The lowest BCUT2D eigenvalue weighted by molar-refractivity contribution is 0.305. The van der Waals surface area contributed by atoms with Gasteiger partial charge in [0.15, 0.2) is 0 Å². The summed E-state index contributed by atoms with van der Waals surface area (Å²) < 4.78 is 5.57. The third-order valence-electron chi connectivity index (χ3n) is 2.19. The Bertz CT molecular complexity index is 318. The second kappa shape index (κ2) is 8.21. The van der Waals surface area contributed by atoms with E-state index in [1.165, 1.54) is 19.3 Å². The smallest absolute Gasteiger partial charge is 0.120 e. The molecule has 0 aromatic heterocycles. The van der Waals surface area contributed by atoms with Crippen LogP contribution in [0, 0.1) is 0 Å². The molecule has 0 N–H and O–H groups in total. The number of halogens is 3. The molecule has 0 bridgehead atoms. The zero-order valence-electron chi connectivity index (χ0n) is 9.02. The Morgan fingerprint density at radius 3 is 2.44 bits per heavy atom. The fourth-order valence-corrected chi connectivity index (χ4v) is 1.99. The minimum absolute atomic E-state index is 0.540. The largest absolute Gasteiger partial charge is 0.494 e. The first-order chi connectivity index (χ1) is 7.74. The molecule has 0 heterocycles. The molecular weight excluding hydrogens is 311 g/mol. The molecule has 0 spiro atoms. The van der Waals surface area contributed by atoms with Crippen LogP contribution in [0.2, 0.25) is 10.0 Å². The SMILES string of the molecule is Clc1ccc(OCCCCCCBr)cc1Cl. The summed E-state index contributed by atoms with van der Waals surface area (Å²) in [6.07, 6.45) is 4.75. The van der Waals surface area contributed by atoms with Crippen molar-refractivity contribution in [2.24, 2.45) is 0 Å². The van der Waals surface area contributed by atoms with Crippen molar-refractivity contribution >= 4 is 39.1 Å². The van der Waals surface area contributed by atoms with Gasteiger partial charge < -0.3 is 4.74 Å². The Labute approximate surface area is 115 Å². The number of benzene rings is 1. The molecule has 1 rings (SSSR count). The summed E-state index contributed by atoms with van der Waals surface area (Å²) in [4.78, 5) is 0. The third-order valence-corrected chi connectivity index (χ3v) is 3.49. The van der Waals surface area contributed by atoms with Gasteiger partial charge in [-0.1, -0.05) is 52.0 Å². The molecule has 90 valence electrons. The van der Waals surface area contributed by atoms with Gasteiger partial charge in [-0.05, 0) is 25.0 Å². The second-order valence-corrected chi connectivity index (χ2v) is 5.13. The second-order valence-electron chi connectivity index (χ2n) is 3.53. The van der Waals surface area contributed by atoms with Crippen LogP contribution < -0.4 is 4.74 Å². The van der Waals surface area contributed by atoms with E-state index < -0.39 is 0 Å². The van der Waals surface area contributed by atoms with Crippen molar-refractivity contribution in [2.75, 3.05) is 11.9 Å². The Morgan fingerprint density at radius 2 is 1.75 bits per heavy atom. The van der Waals surface area contributed by atoms with Crippen LogP contribution in [0.5, 0.6) is 5.75 Å². The van der Waals surface area contributed by atoms with Crippen LogP contribution in [0.3, 0.4) is 0 Å². The molecule has 1 aromatic rings. The molecule has 0 atom stereocenters. The van der Waals surface area contributed by atoms with E-state index >= 15 is 0 Å². The minimum atomic E-state index is 0.540. The molecule has 4 heteroatoms. The van der Waals surface area contributed by atoms with Gasteiger partial charge >= 0.3 is 0 Å². The lowest BCUT2D eigenvalue weighted by atomic mass is 10.2. The van der Waals surface area contributed by atoms with E-state index in [1.54, 1.807) is 12.1 Å². The van der Waals surface area contributed by atoms with Crippen molar-refractivity contribution in [1.82, 2.24) is 0 Å². The number of hydrogen-bond donors (Lipinski definition) is 0. The van der Waals surface area contributed by atoms with Gasteiger partial charge in [-0.25, -0.2) is 0 Å². The predicted octanol–water partition coefficient (Wildman–Crippen LogP) is 5.33. The van der Waals surface area contributed by atoms with Crippen LogP contribution in [0.4, 0.5) is 0 Å². The summed E-state index contributed by atoms with van der Waals surface area (Å²) in [5.41, 5.74) is 0. The average molecular weight is 326 g/mol. The van der Waals surface area contributed by atoms with Crippen LogP contribution >= 0.6 is 39.1 Å². The zero-order chi connectivity index (χ0) is 11.8. The lowest BCUT2D eigenvalue weighted by Crippen LogP contribution is -1.97. The van der Waals surface area contributed by atoms with Gasteiger partial charge in [-0.2, -0.15) is 0 Å². The van der Waals surface area contributed by atoms with Gasteiger partial charge in [0.05, 0.1) is 16.7 Å². The van der Waals surface area contributed by atoms with Gasteiger partial charge in [-0.15, -0.1) is 0 Å². The Balaban J connectivity index is 2.19. The highest BCUT2D eigenvalue weighted by atomic mass is 79.9. The molecule has 16 heavy (non-hydrogen) atoms. The molecule has 0 radical (unpaired) electrons. The first kappa shape index (κ1) is 14.1. The van der Waals surface area contributed by atoms with Gasteiger partial charge in [0.2, 0.25) is 0 Å². The van der Waals surface area contributed by atoms with Crippen molar-refractivity contribution in [3.63, 3.8) is 0 Å². The molecule has 0 aliphatic carbocycles. The highest BCUT2D eigenvalue weighted by Crippen LogP contribution is 2.26. The van der Waals surface area contributed by atoms with E-state index in [1.807, 2.05) is 6.07 Å². The topological polar surface area (TPSA) is 9.23 Å². The third kappa shape index (κ3) is 5.42. The molecule has 1 nitrogen and oxygen atoms in total. The maximum absolute atomic E-state index is 5.88. The quantitative estimate of drug-likeness (QED) is 0.486. The maximum Gasteiger partial charge on any atom is 0.120 e. The van der Waals surface area contributed by atoms with Gasteiger partial charge in [0.25, 0.3) is 0 Å². The Hall–Kier alpha value is 0.0800. The van der Waals surface area contributed by atoms with Crippen LogP contribution in [-0.4, -0.2) is 11.9 Å². The van der Waals surface area contributed by atoms with E-state index in [0.717, 1.165) is 24.1 Å². The number of rotatable bonds is 7. The van der Waals surface area contributed by atoms with E-state index in [2.05, 4.69) is 15.9 Å². The summed E-state index contributed by atoms with van der Waals surface area (Å²) in [7, 11) is 0. The molecule has 0 saturated heterocycles. The summed E-state index contributed by atoms with van der Waals surface area (Å²) >= 11 is 15.1. The van der Waals surface area contributed by atoms with E-state index in [0.29, 0.717) is 10.0 Å². The molecule has 0 aliphatic rings. The minimum Gasteiger partial charge on any atom is -0.494 e. The number of alkyl halides is 1. The van der Waals surface area contributed by atoms with E-state index in [-0.39, 0.29) is 0 Å². The summed E-state index contributed by atoms with van der Waals surface area (Å²) in [6, 6.07) is 5.35. The van der Waals surface area contributed by atoms with Crippen molar-refractivity contribution in [2.45, 2.75) is 25.7 Å². The first-order valence-corrected chi connectivity index (χ1v) is 7.25. The molecule has 0 aliphatic heterocycles. The Morgan fingerprint density at radius 1 is 1.00 bits per heavy atom. The van der Waals surface area contributed by atoms with Crippen molar-refractivity contribution < 1.29 is 4.74 Å². The van der Waals surface area contributed by atoms with Crippen LogP contribution in [0.25, 0.3) is 0 Å². The fourth-order valence-electron chi connectivity index (χ4n) is 1.31. The summed E-state index contributed by atoms with van der Waals surface area (Å²) in [6.45, 7) is 0.736. The highest BCUT2D eigenvalue weighted by molar-refractivity contribution is 9.09. The van der Waals surface area contributed by atoms with Crippen LogP contribution in [-0.2, 0) is 0 Å². The molecule has 1 aromatic carbocycles. The summed E-state index contributed by atoms with van der Waals surface area (Å²) in [5.74, 6) is 0.787. The molecule has 0 amide bonds. The number of unbranched alkanes of at least 4 members (excludes halogenated alkanes) is 3. The monoisotopic (exact) mass is 324 g/mol. The van der Waals surface area contributed by atoms with E-state index in [9.17, 15) is 0 Å². The van der Waals surface area contributed by atoms with Crippen molar-refractivity contribution in [1.29, 1.82) is 0 Å². The van der Waals surface area contributed by atoms with Gasteiger partial charge in [0.1, 0.15) is 5.75 Å². The van der Waals surface area contributed by atoms with E-state index in [4.69, 9.17) is 27.9 Å². The fraction of sp³-hybridized carbons (Fsp3) is 0.500. The zero-order valence-corrected chi connectivity index (χ0v) is 12.1. The number of hydrogen-bond acceptors (Lipinski definition) is 1. The van der Waals surface area contributed by atoms with Gasteiger partial charge in [-0.3, -0.25) is 0 Å². The molecule has 0 saturated carbocycles. The highest BCUT2D eigenvalue weighted by Gasteiger charge is 1.99. The average Bonchev–Trinajstić information content (AvgIpc) is 2.28. The normalized spacial score (nSPS) is 10.4. The Kier molecular flexibility index (Phi) is 7.26. The standard InChI is InChI=1S/C12H15BrCl2O/c13-7-3-1-2-4-8-16-10-5-6-11(14)12(15)9-10/h5-6,9H,1-4,7-8H2. The summed E-state index contributed by atoms with van der Waals surface area (Å²) in [5, 5.41) is 2.19. The van der Waals surface area contributed by atoms with Crippen LogP contribution in [0.15, 0.2) is 18.2 Å². The predicted molar refractivity (Wildman–Crippen MR) is 74.2 cm³/mol. The molecule has 0 unspecified atom stereocenters. The number of ether oxygens (including phenoxy) is 1. The van der Waals surface area contributed by atoms with Crippen molar-refractivity contribution in [3.8, 4) is 5.75 Å². The molecular formula is C12H15BrCl2O. The molecule has 0 fully saturated rings. The maximum atomic E-state index is 5.88.